The third-order valence-electron chi connectivity index (χ3n) is 3.88. The minimum atomic E-state index is -0.758. The fourth-order valence-electron chi connectivity index (χ4n) is 2.55. The zero-order valence-electron chi connectivity index (χ0n) is 14.4. The highest BCUT2D eigenvalue weighted by Crippen LogP contribution is 2.21. The van der Waals surface area contributed by atoms with Crippen LogP contribution >= 0.6 is 0 Å². The van der Waals surface area contributed by atoms with Gasteiger partial charge in [-0.15, -0.1) is 0 Å². The predicted octanol–water partition coefficient (Wildman–Crippen LogP) is 4.78. The van der Waals surface area contributed by atoms with Crippen LogP contribution in [0.3, 0.4) is 0 Å². The van der Waals surface area contributed by atoms with Gasteiger partial charge in [-0.2, -0.15) is 0 Å². The molecule has 4 nitrogen and oxygen atoms in total. The maximum Gasteiger partial charge on any atom is 0.257 e. The topological polar surface area (TPSA) is 58.2 Å². The molecule has 0 radical (unpaired) electrons. The molecule has 3 rings (SSSR count). The average molecular weight is 366 g/mol. The Kier molecular flexibility index (Phi) is 5.26. The lowest BCUT2D eigenvalue weighted by Gasteiger charge is -2.12. The zero-order valence-corrected chi connectivity index (χ0v) is 14.4. The molecule has 0 fully saturated rings. The minimum Gasteiger partial charge on any atom is -0.321 e. The minimum absolute atomic E-state index is 0.127. The predicted molar refractivity (Wildman–Crippen MR) is 99.9 cm³/mol. The number of aryl methyl sites for hydroxylation is 1. The van der Waals surface area contributed by atoms with Crippen molar-refractivity contribution in [3.63, 3.8) is 0 Å². The fourth-order valence-corrected chi connectivity index (χ4v) is 2.55. The third-order valence-corrected chi connectivity index (χ3v) is 3.88. The molecule has 0 aliphatic heterocycles. The molecule has 2 amide bonds. The largest absolute Gasteiger partial charge is 0.321 e. The van der Waals surface area contributed by atoms with E-state index in [0.717, 1.165) is 23.8 Å². The van der Waals surface area contributed by atoms with Crippen LogP contribution in [0.2, 0.25) is 0 Å². The van der Waals surface area contributed by atoms with Crippen LogP contribution in [0.25, 0.3) is 0 Å². The Hall–Kier alpha value is -3.54. The Morgan fingerprint density at radius 1 is 0.778 bits per heavy atom. The first-order valence-corrected chi connectivity index (χ1v) is 8.17. The SMILES string of the molecule is Cc1cccc(C(=O)Nc2ccccc2C(=O)Nc2cc(F)ccc2F)c1. The van der Waals surface area contributed by atoms with E-state index in [1.54, 1.807) is 36.4 Å². The summed E-state index contributed by atoms with van der Waals surface area (Å²) < 4.78 is 27.1. The lowest BCUT2D eigenvalue weighted by atomic mass is 10.1. The van der Waals surface area contributed by atoms with Gasteiger partial charge >= 0.3 is 0 Å². The van der Waals surface area contributed by atoms with Crippen molar-refractivity contribution in [1.29, 1.82) is 0 Å². The molecule has 0 aromatic heterocycles. The molecule has 0 heterocycles. The number of hydrogen-bond donors (Lipinski definition) is 2. The molecule has 0 bridgehead atoms. The first-order chi connectivity index (χ1) is 12.9. The van der Waals surface area contributed by atoms with Gasteiger partial charge in [-0.1, -0.05) is 29.8 Å². The number of benzene rings is 3. The first-order valence-electron chi connectivity index (χ1n) is 8.17. The molecule has 136 valence electrons. The third kappa shape index (κ3) is 4.36. The van der Waals surface area contributed by atoms with E-state index in [4.69, 9.17) is 0 Å². The highest BCUT2D eigenvalue weighted by Gasteiger charge is 2.16. The van der Waals surface area contributed by atoms with Crippen LogP contribution in [0.5, 0.6) is 0 Å². The van der Waals surface area contributed by atoms with Crippen molar-refractivity contribution >= 4 is 23.2 Å². The van der Waals surface area contributed by atoms with Crippen molar-refractivity contribution in [2.45, 2.75) is 6.92 Å². The zero-order chi connectivity index (χ0) is 19.4. The second-order valence-electron chi connectivity index (χ2n) is 5.95. The van der Waals surface area contributed by atoms with Crippen LogP contribution in [-0.2, 0) is 0 Å². The molecule has 3 aromatic carbocycles. The molecule has 0 unspecified atom stereocenters. The number of carbonyl (C=O) groups excluding carboxylic acids is 2. The summed E-state index contributed by atoms with van der Waals surface area (Å²) in [6, 6.07) is 16.1. The Morgan fingerprint density at radius 3 is 2.30 bits per heavy atom. The van der Waals surface area contributed by atoms with Crippen molar-refractivity contribution in [2.75, 3.05) is 10.6 Å². The number of anilines is 2. The standard InChI is InChI=1S/C21H16F2N2O2/c1-13-5-4-6-14(11-13)20(26)24-18-8-3-2-7-16(18)21(27)25-19-12-15(22)9-10-17(19)23/h2-12H,1H3,(H,24,26)(H,25,27). The first kappa shape index (κ1) is 18.3. The average Bonchev–Trinajstić information content (AvgIpc) is 2.65. The summed E-state index contributed by atoms with van der Waals surface area (Å²) in [5.74, 6) is -2.48. The van der Waals surface area contributed by atoms with E-state index in [9.17, 15) is 18.4 Å². The number of hydrogen-bond acceptors (Lipinski definition) is 2. The quantitative estimate of drug-likeness (QED) is 0.698. The molecular formula is C21H16F2N2O2. The second-order valence-corrected chi connectivity index (χ2v) is 5.95. The van der Waals surface area contributed by atoms with Crippen molar-refractivity contribution < 1.29 is 18.4 Å². The van der Waals surface area contributed by atoms with Gasteiger partial charge in [0.1, 0.15) is 11.6 Å². The number of para-hydroxylation sites is 1. The van der Waals surface area contributed by atoms with Crippen molar-refractivity contribution in [1.82, 2.24) is 0 Å². The van der Waals surface area contributed by atoms with Gasteiger partial charge in [0.2, 0.25) is 0 Å². The monoisotopic (exact) mass is 366 g/mol. The molecule has 27 heavy (non-hydrogen) atoms. The van der Waals surface area contributed by atoms with Crippen LogP contribution in [0.1, 0.15) is 26.3 Å². The van der Waals surface area contributed by atoms with Crippen LogP contribution < -0.4 is 10.6 Å². The Balaban J connectivity index is 1.84. The number of halogens is 2. The lowest BCUT2D eigenvalue weighted by Crippen LogP contribution is -2.18. The van der Waals surface area contributed by atoms with E-state index in [1.165, 1.54) is 6.07 Å². The number of nitrogens with one attached hydrogen (secondary N) is 2. The molecular weight excluding hydrogens is 350 g/mol. The van der Waals surface area contributed by atoms with E-state index in [1.807, 2.05) is 13.0 Å². The van der Waals surface area contributed by atoms with Gasteiger partial charge in [0.05, 0.1) is 16.9 Å². The van der Waals surface area contributed by atoms with Gasteiger partial charge in [0, 0.05) is 11.6 Å². The van der Waals surface area contributed by atoms with Crippen molar-refractivity contribution in [3.05, 3.63) is 95.1 Å². The van der Waals surface area contributed by atoms with Gasteiger partial charge in [-0.3, -0.25) is 9.59 Å². The second kappa shape index (κ2) is 7.78. The number of carbonyl (C=O) groups is 2. The molecule has 0 atom stereocenters. The normalized spacial score (nSPS) is 10.3. The molecule has 0 aliphatic rings. The van der Waals surface area contributed by atoms with Crippen LogP contribution in [0.4, 0.5) is 20.2 Å². The van der Waals surface area contributed by atoms with Gasteiger partial charge in [-0.05, 0) is 43.3 Å². The lowest BCUT2D eigenvalue weighted by molar-refractivity contribution is 0.102. The molecule has 0 aliphatic carbocycles. The molecule has 6 heteroatoms. The van der Waals surface area contributed by atoms with E-state index in [-0.39, 0.29) is 22.8 Å². The summed E-state index contributed by atoms with van der Waals surface area (Å²) in [6.45, 7) is 1.87. The van der Waals surface area contributed by atoms with Gasteiger partial charge in [0.15, 0.2) is 0 Å². The Labute approximate surface area is 154 Å². The smallest absolute Gasteiger partial charge is 0.257 e. The summed E-state index contributed by atoms with van der Waals surface area (Å²) >= 11 is 0. The molecule has 0 saturated carbocycles. The highest BCUT2D eigenvalue weighted by atomic mass is 19.1. The number of amides is 2. The molecule has 2 N–H and O–H groups in total. The molecule has 3 aromatic rings. The summed E-state index contributed by atoms with van der Waals surface area (Å²) in [5.41, 5.74) is 1.48. The van der Waals surface area contributed by atoms with Gasteiger partial charge in [-0.25, -0.2) is 8.78 Å². The molecule has 0 spiro atoms. The number of rotatable bonds is 4. The Morgan fingerprint density at radius 2 is 1.52 bits per heavy atom. The van der Waals surface area contributed by atoms with E-state index in [2.05, 4.69) is 10.6 Å². The highest BCUT2D eigenvalue weighted by molar-refractivity contribution is 6.12. The molecule has 0 saturated heterocycles. The van der Waals surface area contributed by atoms with Crippen LogP contribution in [0, 0.1) is 18.6 Å². The van der Waals surface area contributed by atoms with Crippen molar-refractivity contribution in [2.24, 2.45) is 0 Å². The van der Waals surface area contributed by atoms with Crippen LogP contribution in [-0.4, -0.2) is 11.8 Å². The summed E-state index contributed by atoms with van der Waals surface area (Å²) in [4.78, 5) is 25.0. The van der Waals surface area contributed by atoms with Gasteiger partial charge < -0.3 is 10.6 Å². The van der Waals surface area contributed by atoms with Gasteiger partial charge in [0.25, 0.3) is 11.8 Å². The van der Waals surface area contributed by atoms with E-state index < -0.39 is 17.5 Å². The van der Waals surface area contributed by atoms with Crippen LogP contribution in [0.15, 0.2) is 66.7 Å². The maximum atomic E-state index is 13.8. The fraction of sp³-hybridized carbons (Fsp3) is 0.0476. The summed E-state index contributed by atoms with van der Waals surface area (Å²) in [7, 11) is 0. The van der Waals surface area contributed by atoms with E-state index in [0.29, 0.717) is 5.56 Å². The van der Waals surface area contributed by atoms with E-state index >= 15 is 0 Å². The Bertz CT molecular complexity index is 1020. The summed E-state index contributed by atoms with van der Waals surface area (Å²) in [6.07, 6.45) is 0. The van der Waals surface area contributed by atoms with Crippen molar-refractivity contribution in [3.8, 4) is 0 Å². The maximum absolute atomic E-state index is 13.8. The summed E-state index contributed by atoms with van der Waals surface area (Å²) in [5, 5.41) is 5.00.